The first-order valence-corrected chi connectivity index (χ1v) is 7.80. The maximum atomic E-state index is 12.1. The molecule has 2 heterocycles. The molecule has 0 atom stereocenters. The van der Waals surface area contributed by atoms with Crippen molar-refractivity contribution in [2.24, 2.45) is 0 Å². The zero-order chi connectivity index (χ0) is 17.9. The van der Waals surface area contributed by atoms with Crippen LogP contribution in [-0.2, 0) is 16.1 Å². The molecule has 0 aromatic carbocycles. The van der Waals surface area contributed by atoms with E-state index in [9.17, 15) is 19.7 Å². The zero-order valence-electron chi connectivity index (χ0n) is 13.4. The van der Waals surface area contributed by atoms with Crippen LogP contribution in [0.2, 0.25) is 0 Å². The first-order valence-electron chi connectivity index (χ1n) is 6.99. The van der Waals surface area contributed by atoms with E-state index in [0.29, 0.717) is 16.3 Å². The van der Waals surface area contributed by atoms with E-state index in [4.69, 9.17) is 0 Å². The first-order chi connectivity index (χ1) is 11.3. The van der Waals surface area contributed by atoms with E-state index in [1.165, 1.54) is 23.1 Å². The van der Waals surface area contributed by atoms with Crippen LogP contribution in [0.5, 0.6) is 0 Å². The maximum Gasteiger partial charge on any atom is 0.340 e. The van der Waals surface area contributed by atoms with Crippen molar-refractivity contribution < 1.29 is 19.2 Å². The van der Waals surface area contributed by atoms with Crippen LogP contribution in [0.25, 0.3) is 0 Å². The highest BCUT2D eigenvalue weighted by Crippen LogP contribution is 2.28. The van der Waals surface area contributed by atoms with Gasteiger partial charge >= 0.3 is 11.7 Å². The third-order valence-corrected chi connectivity index (χ3v) is 4.30. The van der Waals surface area contributed by atoms with Crippen LogP contribution in [0.4, 0.5) is 10.7 Å². The molecule has 0 saturated heterocycles. The number of nitro groups is 1. The van der Waals surface area contributed by atoms with Gasteiger partial charge in [-0.3, -0.25) is 19.6 Å². The number of carbonyl (C=O) groups excluding carboxylic acids is 2. The van der Waals surface area contributed by atoms with Crippen molar-refractivity contribution in [2.45, 2.75) is 26.8 Å². The fraction of sp³-hybridized carbons (Fsp3) is 0.357. The van der Waals surface area contributed by atoms with Crippen molar-refractivity contribution in [3.8, 4) is 0 Å². The van der Waals surface area contributed by atoms with Crippen LogP contribution in [0.1, 0.15) is 27.3 Å². The summed E-state index contributed by atoms with van der Waals surface area (Å²) < 4.78 is 6.08. The number of aryl methyl sites for hydroxylation is 2. The standard InChI is InChI=1S/C14H16N4O5S/c1-8-6-10(14(20)23-3)13(24-8)16-12(19)4-5-17-9(2)11(7-15-17)18(21)22/h6-7H,4-5H2,1-3H3,(H,16,19). The summed E-state index contributed by atoms with van der Waals surface area (Å²) in [7, 11) is 1.27. The molecule has 0 aliphatic carbocycles. The first kappa shape index (κ1) is 17.6. The minimum atomic E-state index is -0.520. The summed E-state index contributed by atoms with van der Waals surface area (Å²) in [6.45, 7) is 3.59. The molecule has 0 aliphatic rings. The van der Waals surface area contributed by atoms with Crippen LogP contribution in [-0.4, -0.2) is 33.7 Å². The summed E-state index contributed by atoms with van der Waals surface area (Å²) >= 11 is 1.27. The van der Waals surface area contributed by atoms with Gasteiger partial charge in [-0.15, -0.1) is 11.3 Å². The molecule has 0 saturated carbocycles. The van der Waals surface area contributed by atoms with Crippen molar-refractivity contribution >= 4 is 33.9 Å². The Hall–Kier alpha value is -2.75. The lowest BCUT2D eigenvalue weighted by Gasteiger charge is -2.06. The SMILES string of the molecule is COC(=O)c1cc(C)sc1NC(=O)CCn1ncc([N+](=O)[O-])c1C. The zero-order valence-corrected chi connectivity index (χ0v) is 14.2. The molecule has 2 rings (SSSR count). The molecule has 0 bridgehead atoms. The number of thiophene rings is 1. The molecule has 1 amide bonds. The van der Waals surface area contributed by atoms with E-state index < -0.39 is 10.9 Å². The van der Waals surface area contributed by atoms with E-state index in [2.05, 4.69) is 15.2 Å². The Bertz CT molecular complexity index is 795. The fourth-order valence-electron chi connectivity index (χ4n) is 2.11. The summed E-state index contributed by atoms with van der Waals surface area (Å²) in [4.78, 5) is 34.9. The maximum absolute atomic E-state index is 12.1. The molecule has 0 aliphatic heterocycles. The summed E-state index contributed by atoms with van der Waals surface area (Å²) in [6, 6.07) is 1.65. The topological polar surface area (TPSA) is 116 Å². The number of anilines is 1. The Kier molecular flexibility index (Phi) is 5.29. The smallest absolute Gasteiger partial charge is 0.340 e. The normalized spacial score (nSPS) is 10.5. The van der Waals surface area contributed by atoms with E-state index >= 15 is 0 Å². The average Bonchev–Trinajstić information content (AvgIpc) is 3.07. The molecule has 24 heavy (non-hydrogen) atoms. The second-order valence-electron chi connectivity index (χ2n) is 4.99. The Labute approximate surface area is 141 Å². The summed E-state index contributed by atoms with van der Waals surface area (Å²) in [5.74, 6) is -0.840. The van der Waals surface area contributed by atoms with Gasteiger partial charge in [-0.05, 0) is 19.9 Å². The number of esters is 1. The number of nitrogens with zero attached hydrogens (tertiary/aromatic N) is 3. The fourth-order valence-corrected chi connectivity index (χ4v) is 3.02. The number of aromatic nitrogens is 2. The number of amides is 1. The highest BCUT2D eigenvalue weighted by atomic mass is 32.1. The number of ether oxygens (including phenoxy) is 1. The lowest BCUT2D eigenvalue weighted by molar-refractivity contribution is -0.385. The van der Waals surface area contributed by atoms with Gasteiger partial charge in [0.2, 0.25) is 5.91 Å². The highest BCUT2D eigenvalue weighted by Gasteiger charge is 2.19. The summed E-state index contributed by atoms with van der Waals surface area (Å²) in [6.07, 6.45) is 1.22. The number of nitrogens with one attached hydrogen (secondary N) is 1. The van der Waals surface area contributed by atoms with Gasteiger partial charge in [0.25, 0.3) is 0 Å². The average molecular weight is 352 g/mol. The molecule has 0 spiro atoms. The van der Waals surface area contributed by atoms with Crippen LogP contribution < -0.4 is 5.32 Å². The van der Waals surface area contributed by atoms with Gasteiger partial charge in [0, 0.05) is 11.3 Å². The van der Waals surface area contributed by atoms with Gasteiger partial charge in [0.15, 0.2) is 0 Å². The minimum absolute atomic E-state index is 0.0667. The number of methoxy groups -OCH3 is 1. The van der Waals surface area contributed by atoms with Crippen molar-refractivity contribution in [3.63, 3.8) is 0 Å². The molecular weight excluding hydrogens is 336 g/mol. The second kappa shape index (κ2) is 7.21. The van der Waals surface area contributed by atoms with E-state index in [1.807, 2.05) is 6.92 Å². The predicted molar refractivity (Wildman–Crippen MR) is 87.3 cm³/mol. The summed E-state index contributed by atoms with van der Waals surface area (Å²) in [5.41, 5.74) is 0.603. The number of hydrogen-bond donors (Lipinski definition) is 1. The number of carbonyl (C=O) groups is 2. The molecule has 0 unspecified atom stereocenters. The van der Waals surface area contributed by atoms with Crippen LogP contribution >= 0.6 is 11.3 Å². The monoisotopic (exact) mass is 352 g/mol. The van der Waals surface area contributed by atoms with E-state index in [0.717, 1.165) is 11.1 Å². The minimum Gasteiger partial charge on any atom is -0.465 e. The van der Waals surface area contributed by atoms with Crippen LogP contribution in [0.3, 0.4) is 0 Å². The van der Waals surface area contributed by atoms with Gasteiger partial charge in [-0.1, -0.05) is 0 Å². The number of hydrogen-bond acceptors (Lipinski definition) is 7. The lowest BCUT2D eigenvalue weighted by Crippen LogP contribution is -2.16. The highest BCUT2D eigenvalue weighted by molar-refractivity contribution is 7.16. The molecule has 2 aromatic heterocycles. The molecule has 0 radical (unpaired) electrons. The molecule has 9 nitrogen and oxygen atoms in total. The number of rotatable bonds is 6. The molecule has 128 valence electrons. The Balaban J connectivity index is 2.02. The van der Waals surface area contributed by atoms with Crippen molar-refractivity contribution in [3.05, 3.63) is 38.5 Å². The Morgan fingerprint density at radius 3 is 2.75 bits per heavy atom. The van der Waals surface area contributed by atoms with Gasteiger partial charge in [-0.2, -0.15) is 5.10 Å². The van der Waals surface area contributed by atoms with Crippen molar-refractivity contribution in [2.75, 3.05) is 12.4 Å². The Morgan fingerprint density at radius 1 is 1.46 bits per heavy atom. The third-order valence-electron chi connectivity index (χ3n) is 3.34. The van der Waals surface area contributed by atoms with Gasteiger partial charge in [0.1, 0.15) is 16.9 Å². The van der Waals surface area contributed by atoms with Crippen LogP contribution in [0.15, 0.2) is 12.3 Å². The Morgan fingerprint density at radius 2 is 2.17 bits per heavy atom. The van der Waals surface area contributed by atoms with Crippen LogP contribution in [0, 0.1) is 24.0 Å². The molecule has 1 N–H and O–H groups in total. The lowest BCUT2D eigenvalue weighted by atomic mass is 10.3. The quantitative estimate of drug-likeness (QED) is 0.484. The largest absolute Gasteiger partial charge is 0.465 e. The molecular formula is C14H16N4O5S. The molecule has 10 heteroatoms. The van der Waals surface area contributed by atoms with Gasteiger partial charge < -0.3 is 10.1 Å². The van der Waals surface area contributed by atoms with Gasteiger partial charge in [0.05, 0.1) is 24.1 Å². The summed E-state index contributed by atoms with van der Waals surface area (Å²) in [5, 5.41) is 17.8. The predicted octanol–water partition coefficient (Wildman–Crippen LogP) is 2.29. The molecule has 0 fully saturated rings. The van der Waals surface area contributed by atoms with Crippen molar-refractivity contribution in [1.82, 2.24) is 9.78 Å². The van der Waals surface area contributed by atoms with Gasteiger partial charge in [-0.25, -0.2) is 4.79 Å². The third kappa shape index (κ3) is 3.77. The second-order valence-corrected chi connectivity index (χ2v) is 6.24. The molecule has 2 aromatic rings. The van der Waals surface area contributed by atoms with Crippen molar-refractivity contribution in [1.29, 1.82) is 0 Å². The van der Waals surface area contributed by atoms with E-state index in [-0.39, 0.29) is 24.6 Å². The van der Waals surface area contributed by atoms with E-state index in [1.54, 1.807) is 13.0 Å².